The summed E-state index contributed by atoms with van der Waals surface area (Å²) in [4.78, 5) is 4.42. The zero-order valence-corrected chi connectivity index (χ0v) is 15.3. The Balaban J connectivity index is 1.73. The first kappa shape index (κ1) is 18.6. The second kappa shape index (κ2) is 8.01. The predicted octanol–water partition coefficient (Wildman–Crippen LogP) is 4.39. The second-order valence-electron chi connectivity index (χ2n) is 5.64. The molecule has 0 atom stereocenters. The van der Waals surface area contributed by atoms with Gasteiger partial charge in [-0.1, -0.05) is 12.1 Å². The molecule has 0 heterocycles. The molecule has 3 rings (SSSR count). The fourth-order valence-corrected chi connectivity index (χ4v) is 3.37. The molecule has 0 saturated carbocycles. The van der Waals surface area contributed by atoms with Crippen molar-refractivity contribution in [3.63, 3.8) is 0 Å². The number of methoxy groups -OCH3 is 1. The molecule has 7 heteroatoms. The minimum Gasteiger partial charge on any atom is -0.497 e. The summed E-state index contributed by atoms with van der Waals surface area (Å²) in [6, 6.07) is 18.7. The van der Waals surface area contributed by atoms with Crippen LogP contribution in [0.3, 0.4) is 0 Å². The largest absolute Gasteiger partial charge is 0.497 e. The fourth-order valence-electron chi connectivity index (χ4n) is 2.31. The molecule has 0 aliphatic rings. The maximum Gasteiger partial charge on any atom is 0.261 e. The van der Waals surface area contributed by atoms with Crippen LogP contribution in [0.1, 0.15) is 5.56 Å². The highest BCUT2D eigenvalue weighted by atomic mass is 32.2. The number of benzene rings is 3. The van der Waals surface area contributed by atoms with Crippen LogP contribution in [-0.4, -0.2) is 21.7 Å². The van der Waals surface area contributed by atoms with Crippen molar-refractivity contribution < 1.29 is 17.5 Å². The van der Waals surface area contributed by atoms with E-state index in [4.69, 9.17) is 4.74 Å². The number of ether oxygens (including phenoxy) is 1. The number of aliphatic imine (C=N–C) groups is 1. The minimum absolute atomic E-state index is 0.0900. The lowest BCUT2D eigenvalue weighted by atomic mass is 10.2. The second-order valence-corrected chi connectivity index (χ2v) is 7.32. The van der Waals surface area contributed by atoms with Gasteiger partial charge in [-0.25, -0.2) is 12.8 Å². The average Bonchev–Trinajstić information content (AvgIpc) is 2.68. The van der Waals surface area contributed by atoms with Crippen molar-refractivity contribution in [2.24, 2.45) is 4.99 Å². The molecule has 5 nitrogen and oxygen atoms in total. The van der Waals surface area contributed by atoms with E-state index in [1.165, 1.54) is 36.4 Å². The smallest absolute Gasteiger partial charge is 0.261 e. The zero-order chi connectivity index (χ0) is 19.3. The van der Waals surface area contributed by atoms with Crippen LogP contribution in [-0.2, 0) is 10.0 Å². The number of hydrogen-bond donors (Lipinski definition) is 1. The van der Waals surface area contributed by atoms with Gasteiger partial charge in [0, 0.05) is 11.9 Å². The van der Waals surface area contributed by atoms with E-state index < -0.39 is 15.8 Å². The van der Waals surface area contributed by atoms with Crippen molar-refractivity contribution in [1.82, 2.24) is 0 Å². The van der Waals surface area contributed by atoms with Gasteiger partial charge in [0.1, 0.15) is 11.6 Å². The molecule has 3 aromatic carbocycles. The molecule has 1 N–H and O–H groups in total. The van der Waals surface area contributed by atoms with E-state index in [2.05, 4.69) is 9.71 Å². The van der Waals surface area contributed by atoms with Gasteiger partial charge in [0.25, 0.3) is 10.0 Å². The van der Waals surface area contributed by atoms with Crippen LogP contribution in [0.15, 0.2) is 82.7 Å². The fraction of sp³-hybridized carbons (Fsp3) is 0.0500. The highest BCUT2D eigenvalue weighted by molar-refractivity contribution is 7.92. The normalized spacial score (nSPS) is 11.5. The van der Waals surface area contributed by atoms with E-state index in [1.54, 1.807) is 25.5 Å². The van der Waals surface area contributed by atoms with Crippen LogP contribution >= 0.6 is 0 Å². The van der Waals surface area contributed by atoms with E-state index in [0.29, 0.717) is 5.69 Å². The summed E-state index contributed by atoms with van der Waals surface area (Å²) in [6.45, 7) is 0. The van der Waals surface area contributed by atoms with E-state index in [-0.39, 0.29) is 10.6 Å². The number of halogens is 1. The highest BCUT2D eigenvalue weighted by Gasteiger charge is 2.13. The molecular weight excluding hydrogens is 367 g/mol. The highest BCUT2D eigenvalue weighted by Crippen LogP contribution is 2.20. The van der Waals surface area contributed by atoms with Gasteiger partial charge >= 0.3 is 0 Å². The lowest BCUT2D eigenvalue weighted by Gasteiger charge is -2.08. The number of anilines is 1. The predicted molar refractivity (Wildman–Crippen MR) is 104 cm³/mol. The third-order valence-electron chi connectivity index (χ3n) is 3.70. The minimum atomic E-state index is -3.76. The van der Waals surface area contributed by atoms with E-state index >= 15 is 0 Å². The average molecular weight is 384 g/mol. The Morgan fingerprint density at radius 3 is 2.37 bits per heavy atom. The molecule has 0 radical (unpaired) electrons. The van der Waals surface area contributed by atoms with Gasteiger partial charge < -0.3 is 4.74 Å². The zero-order valence-electron chi connectivity index (χ0n) is 14.5. The van der Waals surface area contributed by atoms with Gasteiger partial charge in [0.05, 0.1) is 17.7 Å². The van der Waals surface area contributed by atoms with Gasteiger partial charge in [-0.05, 0) is 66.2 Å². The summed E-state index contributed by atoms with van der Waals surface area (Å²) in [5, 5.41) is 0. The van der Waals surface area contributed by atoms with Gasteiger partial charge in [-0.2, -0.15) is 0 Å². The molecular formula is C20H17FN2O3S. The first-order chi connectivity index (χ1) is 13.0. The summed E-state index contributed by atoms with van der Waals surface area (Å²) in [7, 11) is -2.17. The monoisotopic (exact) mass is 384 g/mol. The number of rotatable bonds is 6. The Bertz CT molecular complexity index is 1050. The topological polar surface area (TPSA) is 67.8 Å². The van der Waals surface area contributed by atoms with Gasteiger partial charge in [-0.15, -0.1) is 0 Å². The van der Waals surface area contributed by atoms with E-state index in [9.17, 15) is 12.8 Å². The van der Waals surface area contributed by atoms with Crippen LogP contribution in [0, 0.1) is 5.82 Å². The number of nitrogens with zero attached hydrogens (tertiary/aromatic N) is 1. The quantitative estimate of drug-likeness (QED) is 0.641. The standard InChI is InChI=1S/C20H17FN2O3S/c1-26-19-4-2-3-15(13-19)14-22-17-9-11-20(12-10-17)27(24,25)23-18-7-5-16(21)6-8-18/h2-14,23H,1H3. The van der Waals surface area contributed by atoms with Crippen molar-refractivity contribution in [1.29, 1.82) is 0 Å². The Morgan fingerprint density at radius 2 is 1.70 bits per heavy atom. The van der Waals surface area contributed by atoms with Gasteiger partial charge in [0.15, 0.2) is 0 Å². The van der Waals surface area contributed by atoms with Crippen molar-refractivity contribution in [3.05, 3.63) is 84.2 Å². The molecule has 0 bridgehead atoms. The molecule has 0 amide bonds. The van der Waals surface area contributed by atoms with Crippen LogP contribution in [0.25, 0.3) is 0 Å². The summed E-state index contributed by atoms with van der Waals surface area (Å²) in [6.07, 6.45) is 1.67. The van der Waals surface area contributed by atoms with Crippen molar-refractivity contribution in [3.8, 4) is 5.75 Å². The first-order valence-electron chi connectivity index (χ1n) is 8.03. The van der Waals surface area contributed by atoms with Crippen LogP contribution in [0.4, 0.5) is 15.8 Å². The maximum atomic E-state index is 12.9. The molecule has 0 spiro atoms. The van der Waals surface area contributed by atoms with Crippen LogP contribution in [0.5, 0.6) is 5.75 Å². The maximum absolute atomic E-state index is 12.9. The molecule has 138 valence electrons. The van der Waals surface area contributed by atoms with E-state index in [0.717, 1.165) is 11.3 Å². The molecule has 0 aromatic heterocycles. The van der Waals surface area contributed by atoms with E-state index in [1.807, 2.05) is 24.3 Å². The number of hydrogen-bond acceptors (Lipinski definition) is 4. The third kappa shape index (κ3) is 4.92. The Morgan fingerprint density at radius 1 is 1.00 bits per heavy atom. The van der Waals surface area contributed by atoms with Crippen molar-refractivity contribution in [2.75, 3.05) is 11.8 Å². The number of sulfonamides is 1. The third-order valence-corrected chi connectivity index (χ3v) is 5.10. The molecule has 0 aliphatic carbocycles. The Labute approximate surface area is 157 Å². The lowest BCUT2D eigenvalue weighted by molar-refractivity contribution is 0.415. The summed E-state index contributed by atoms with van der Waals surface area (Å²) >= 11 is 0. The molecule has 0 aliphatic heterocycles. The van der Waals surface area contributed by atoms with Crippen molar-refractivity contribution in [2.45, 2.75) is 4.90 Å². The molecule has 27 heavy (non-hydrogen) atoms. The SMILES string of the molecule is COc1cccc(C=Nc2ccc(S(=O)(=O)Nc3ccc(F)cc3)cc2)c1. The Hall–Kier alpha value is -3.19. The summed E-state index contributed by atoms with van der Waals surface area (Å²) < 4.78 is 45.3. The first-order valence-corrected chi connectivity index (χ1v) is 9.51. The summed E-state index contributed by atoms with van der Waals surface area (Å²) in [5.41, 5.74) is 1.76. The molecule has 0 unspecified atom stereocenters. The van der Waals surface area contributed by atoms with Gasteiger partial charge in [-0.3, -0.25) is 9.71 Å². The van der Waals surface area contributed by atoms with Crippen LogP contribution in [0.2, 0.25) is 0 Å². The molecule has 0 fully saturated rings. The summed E-state index contributed by atoms with van der Waals surface area (Å²) in [5.74, 6) is 0.295. The number of nitrogens with one attached hydrogen (secondary N) is 1. The lowest BCUT2D eigenvalue weighted by Crippen LogP contribution is -2.12. The Kier molecular flexibility index (Phi) is 5.52. The van der Waals surface area contributed by atoms with Gasteiger partial charge in [0.2, 0.25) is 0 Å². The molecule has 3 aromatic rings. The van der Waals surface area contributed by atoms with Crippen LogP contribution < -0.4 is 9.46 Å². The molecule has 0 saturated heterocycles. The van der Waals surface area contributed by atoms with Crippen molar-refractivity contribution >= 4 is 27.6 Å².